The molecular formula is C16H21BrN2S. The van der Waals surface area contributed by atoms with Crippen LogP contribution < -0.4 is 10.2 Å². The summed E-state index contributed by atoms with van der Waals surface area (Å²) in [6.07, 6.45) is 1.03. The van der Waals surface area contributed by atoms with Gasteiger partial charge in [0.2, 0.25) is 0 Å². The average Bonchev–Trinajstić information content (AvgIpc) is 2.84. The van der Waals surface area contributed by atoms with Crippen molar-refractivity contribution in [3.63, 3.8) is 0 Å². The number of halogens is 1. The summed E-state index contributed by atoms with van der Waals surface area (Å²) in [5, 5.41) is 5.73. The van der Waals surface area contributed by atoms with E-state index in [1.807, 2.05) is 11.3 Å². The lowest BCUT2D eigenvalue weighted by molar-refractivity contribution is 0.553. The zero-order chi connectivity index (χ0) is 14.5. The number of nitrogens with one attached hydrogen (secondary N) is 1. The highest BCUT2D eigenvalue weighted by atomic mass is 79.9. The minimum atomic E-state index is 0.377. The molecule has 0 radical (unpaired) electrons. The molecule has 1 atom stereocenters. The Hall–Kier alpha value is -0.840. The topological polar surface area (TPSA) is 15.3 Å². The quantitative estimate of drug-likeness (QED) is 0.824. The molecule has 0 saturated carbocycles. The molecule has 0 aliphatic heterocycles. The van der Waals surface area contributed by atoms with Gasteiger partial charge in [-0.15, -0.1) is 11.3 Å². The zero-order valence-corrected chi connectivity index (χ0v) is 14.6. The minimum Gasteiger partial charge on any atom is -0.378 e. The van der Waals surface area contributed by atoms with Crippen molar-refractivity contribution in [2.75, 3.05) is 25.5 Å². The van der Waals surface area contributed by atoms with E-state index in [9.17, 15) is 0 Å². The van der Waals surface area contributed by atoms with Crippen LogP contribution in [0.4, 0.5) is 5.69 Å². The van der Waals surface area contributed by atoms with Crippen LogP contribution in [0.2, 0.25) is 0 Å². The Kier molecular flexibility index (Phi) is 5.64. The van der Waals surface area contributed by atoms with Crippen LogP contribution in [0.25, 0.3) is 0 Å². The molecule has 0 saturated heterocycles. The largest absolute Gasteiger partial charge is 0.378 e. The van der Waals surface area contributed by atoms with Gasteiger partial charge in [0.1, 0.15) is 0 Å². The summed E-state index contributed by atoms with van der Waals surface area (Å²) in [5.41, 5.74) is 2.59. The lowest BCUT2D eigenvalue weighted by Crippen LogP contribution is -2.22. The Bertz CT molecular complexity index is 534. The van der Waals surface area contributed by atoms with Crippen molar-refractivity contribution < 1.29 is 0 Å². The van der Waals surface area contributed by atoms with Gasteiger partial charge in [-0.2, -0.15) is 0 Å². The van der Waals surface area contributed by atoms with Gasteiger partial charge >= 0.3 is 0 Å². The second kappa shape index (κ2) is 7.25. The smallest absolute Gasteiger partial charge is 0.0368 e. The zero-order valence-electron chi connectivity index (χ0n) is 12.2. The Morgan fingerprint density at radius 3 is 2.45 bits per heavy atom. The maximum Gasteiger partial charge on any atom is 0.0368 e. The van der Waals surface area contributed by atoms with Crippen molar-refractivity contribution in [3.8, 4) is 0 Å². The summed E-state index contributed by atoms with van der Waals surface area (Å²) < 4.78 is 1.18. The molecule has 1 aromatic carbocycles. The van der Waals surface area contributed by atoms with Crippen molar-refractivity contribution in [2.24, 2.45) is 0 Å². The van der Waals surface area contributed by atoms with Crippen molar-refractivity contribution in [3.05, 3.63) is 50.6 Å². The van der Waals surface area contributed by atoms with E-state index in [-0.39, 0.29) is 0 Å². The van der Waals surface area contributed by atoms with Crippen LogP contribution >= 0.6 is 27.3 Å². The highest BCUT2D eigenvalue weighted by Gasteiger charge is 2.12. The van der Waals surface area contributed by atoms with Gasteiger partial charge in [-0.25, -0.2) is 0 Å². The van der Waals surface area contributed by atoms with Crippen LogP contribution in [0.5, 0.6) is 0 Å². The molecule has 2 rings (SSSR count). The molecule has 4 heteroatoms. The van der Waals surface area contributed by atoms with Gasteiger partial charge in [-0.1, -0.05) is 19.1 Å². The normalized spacial score (nSPS) is 12.4. The molecule has 0 fully saturated rings. The van der Waals surface area contributed by atoms with Gasteiger partial charge in [0.25, 0.3) is 0 Å². The van der Waals surface area contributed by atoms with Crippen LogP contribution in [-0.4, -0.2) is 20.6 Å². The van der Waals surface area contributed by atoms with Crippen LogP contribution in [-0.2, 0) is 6.42 Å². The summed E-state index contributed by atoms with van der Waals surface area (Å²) >= 11 is 5.34. The fraction of sp³-hybridized carbons (Fsp3) is 0.375. The number of benzene rings is 1. The van der Waals surface area contributed by atoms with E-state index >= 15 is 0 Å². The average molecular weight is 353 g/mol. The van der Waals surface area contributed by atoms with E-state index in [2.05, 4.69) is 82.9 Å². The molecule has 1 heterocycles. The van der Waals surface area contributed by atoms with Gasteiger partial charge in [-0.05, 0) is 46.2 Å². The molecule has 0 bridgehead atoms. The molecule has 2 aromatic rings. The lowest BCUT2D eigenvalue weighted by atomic mass is 10.0. The highest BCUT2D eigenvalue weighted by Crippen LogP contribution is 2.26. The van der Waals surface area contributed by atoms with E-state index in [0.29, 0.717) is 6.04 Å². The first kappa shape index (κ1) is 15.5. The number of anilines is 1. The van der Waals surface area contributed by atoms with Gasteiger partial charge in [0.05, 0.1) is 0 Å². The van der Waals surface area contributed by atoms with E-state index < -0.39 is 0 Å². The first-order valence-corrected chi connectivity index (χ1v) is 8.51. The van der Waals surface area contributed by atoms with Crippen LogP contribution in [0.3, 0.4) is 0 Å². The minimum absolute atomic E-state index is 0.377. The summed E-state index contributed by atoms with van der Waals surface area (Å²) in [6, 6.07) is 11.4. The van der Waals surface area contributed by atoms with Crippen molar-refractivity contribution in [2.45, 2.75) is 19.4 Å². The van der Waals surface area contributed by atoms with Gasteiger partial charge in [0.15, 0.2) is 0 Å². The van der Waals surface area contributed by atoms with Crippen molar-refractivity contribution in [1.82, 2.24) is 5.32 Å². The third-order valence-corrected chi connectivity index (χ3v) is 5.01. The van der Waals surface area contributed by atoms with E-state index in [4.69, 9.17) is 0 Å². The number of hydrogen-bond donors (Lipinski definition) is 1. The summed E-state index contributed by atoms with van der Waals surface area (Å²) in [6.45, 7) is 3.14. The highest BCUT2D eigenvalue weighted by molar-refractivity contribution is 9.10. The molecule has 1 unspecified atom stereocenters. The van der Waals surface area contributed by atoms with Crippen LogP contribution in [0, 0.1) is 0 Å². The van der Waals surface area contributed by atoms with Gasteiger partial charge in [0, 0.05) is 47.0 Å². The molecule has 0 aliphatic rings. The predicted octanol–water partition coefficient (Wildman–Crippen LogP) is 4.47. The maximum absolute atomic E-state index is 3.58. The first-order valence-electron chi connectivity index (χ1n) is 6.83. The summed E-state index contributed by atoms with van der Waals surface area (Å²) in [5.74, 6) is 0. The Balaban J connectivity index is 2.15. The summed E-state index contributed by atoms with van der Waals surface area (Å²) in [4.78, 5) is 3.53. The first-order chi connectivity index (χ1) is 9.60. The molecular weight excluding hydrogens is 332 g/mol. The molecule has 0 spiro atoms. The van der Waals surface area contributed by atoms with Crippen LogP contribution in [0.15, 0.2) is 40.2 Å². The number of nitrogens with zero attached hydrogens (tertiary/aromatic N) is 1. The molecule has 1 N–H and O–H groups in total. The van der Waals surface area contributed by atoms with E-state index in [0.717, 1.165) is 13.0 Å². The standard InChI is InChI=1S/C16H21BrN2S/c1-4-18-16(10-15-9-13(17)11-20-15)12-5-7-14(8-6-12)19(2)3/h5-9,11,16,18H,4,10H2,1-3H3. The SMILES string of the molecule is CCNC(Cc1cc(Br)cs1)c1ccc(N(C)C)cc1. The third-order valence-electron chi connectivity index (χ3n) is 3.29. The summed E-state index contributed by atoms with van der Waals surface area (Å²) in [7, 11) is 4.14. The third kappa shape index (κ3) is 4.08. The monoisotopic (exact) mass is 352 g/mol. The van der Waals surface area contributed by atoms with Crippen molar-refractivity contribution >= 4 is 33.0 Å². The lowest BCUT2D eigenvalue weighted by Gasteiger charge is -2.19. The Labute approximate surface area is 133 Å². The van der Waals surface area contributed by atoms with Crippen molar-refractivity contribution in [1.29, 1.82) is 0 Å². The number of likely N-dealkylation sites (N-methyl/N-ethyl adjacent to an activating group) is 1. The van der Waals surface area contributed by atoms with Gasteiger partial charge < -0.3 is 10.2 Å². The number of rotatable bonds is 6. The number of thiophene rings is 1. The molecule has 1 aromatic heterocycles. The molecule has 108 valence electrons. The maximum atomic E-state index is 3.58. The fourth-order valence-electron chi connectivity index (χ4n) is 2.22. The molecule has 2 nitrogen and oxygen atoms in total. The second-order valence-corrected chi connectivity index (χ2v) is 6.94. The Morgan fingerprint density at radius 2 is 1.95 bits per heavy atom. The van der Waals surface area contributed by atoms with Crippen LogP contribution in [0.1, 0.15) is 23.4 Å². The Morgan fingerprint density at radius 1 is 1.25 bits per heavy atom. The predicted molar refractivity (Wildman–Crippen MR) is 92.9 cm³/mol. The second-order valence-electron chi connectivity index (χ2n) is 5.03. The molecule has 20 heavy (non-hydrogen) atoms. The van der Waals surface area contributed by atoms with E-state index in [1.54, 1.807) is 0 Å². The fourth-order valence-corrected chi connectivity index (χ4v) is 3.72. The van der Waals surface area contributed by atoms with E-state index in [1.165, 1.54) is 20.6 Å². The molecule has 0 amide bonds. The number of hydrogen-bond acceptors (Lipinski definition) is 3. The van der Waals surface area contributed by atoms with Gasteiger partial charge in [-0.3, -0.25) is 0 Å². The molecule has 0 aliphatic carbocycles.